The summed E-state index contributed by atoms with van der Waals surface area (Å²) in [4.78, 5) is 13.4. The molecule has 2 heteroatoms. The molecule has 0 saturated carbocycles. The average Bonchev–Trinajstić information content (AvgIpc) is 2.25. The molecule has 14 heavy (non-hydrogen) atoms. The zero-order chi connectivity index (χ0) is 10.1. The minimum absolute atomic E-state index is 0.222. The predicted molar refractivity (Wildman–Crippen MR) is 55.7 cm³/mol. The van der Waals surface area contributed by atoms with Crippen molar-refractivity contribution in [3.8, 4) is 0 Å². The molecule has 1 fully saturated rings. The van der Waals surface area contributed by atoms with Crippen LogP contribution in [0.5, 0.6) is 0 Å². The first-order valence-corrected chi connectivity index (χ1v) is 5.05. The quantitative estimate of drug-likeness (QED) is 0.653. The SMILES string of the molecule is C[C@H]1CN([C@@H](C)c2ccccc2)C1=O. The fraction of sp³-hybridized carbons (Fsp3) is 0.417. The third-order valence-electron chi connectivity index (χ3n) is 2.92. The number of likely N-dealkylation sites (tertiary alicyclic amines) is 1. The first-order valence-electron chi connectivity index (χ1n) is 5.05. The van der Waals surface area contributed by atoms with Crippen LogP contribution in [-0.2, 0) is 4.79 Å². The van der Waals surface area contributed by atoms with Gasteiger partial charge in [-0.15, -0.1) is 0 Å². The monoisotopic (exact) mass is 189 g/mol. The molecule has 1 aromatic carbocycles. The van der Waals surface area contributed by atoms with Crippen LogP contribution < -0.4 is 0 Å². The Labute approximate surface area is 84.5 Å². The summed E-state index contributed by atoms with van der Waals surface area (Å²) in [6, 6.07) is 10.4. The summed E-state index contributed by atoms with van der Waals surface area (Å²) in [7, 11) is 0. The molecule has 0 bridgehead atoms. The van der Waals surface area contributed by atoms with E-state index < -0.39 is 0 Å². The van der Waals surface area contributed by atoms with E-state index in [2.05, 4.69) is 19.1 Å². The summed E-state index contributed by atoms with van der Waals surface area (Å²) in [6.45, 7) is 4.96. The number of carbonyl (C=O) groups is 1. The van der Waals surface area contributed by atoms with Gasteiger partial charge in [-0.05, 0) is 12.5 Å². The zero-order valence-electron chi connectivity index (χ0n) is 8.60. The molecule has 1 aliphatic heterocycles. The van der Waals surface area contributed by atoms with Crippen molar-refractivity contribution < 1.29 is 4.79 Å². The molecule has 2 atom stereocenters. The summed E-state index contributed by atoms with van der Waals surface area (Å²) in [5.41, 5.74) is 1.22. The van der Waals surface area contributed by atoms with Gasteiger partial charge in [-0.25, -0.2) is 0 Å². The second kappa shape index (κ2) is 3.45. The van der Waals surface area contributed by atoms with Crippen LogP contribution in [0.25, 0.3) is 0 Å². The fourth-order valence-electron chi connectivity index (χ4n) is 1.89. The summed E-state index contributed by atoms with van der Waals surface area (Å²) in [5, 5.41) is 0. The van der Waals surface area contributed by atoms with Gasteiger partial charge in [0.2, 0.25) is 5.91 Å². The summed E-state index contributed by atoms with van der Waals surface area (Å²) in [5.74, 6) is 0.502. The number of amides is 1. The molecule has 1 heterocycles. The van der Waals surface area contributed by atoms with E-state index in [1.165, 1.54) is 5.56 Å². The van der Waals surface area contributed by atoms with Crippen LogP contribution in [-0.4, -0.2) is 17.4 Å². The maximum atomic E-state index is 11.5. The molecule has 0 radical (unpaired) electrons. The Morgan fingerprint density at radius 3 is 2.50 bits per heavy atom. The van der Waals surface area contributed by atoms with Crippen LogP contribution in [0.15, 0.2) is 30.3 Å². The van der Waals surface area contributed by atoms with Gasteiger partial charge in [0.05, 0.1) is 12.0 Å². The van der Waals surface area contributed by atoms with Crippen molar-refractivity contribution >= 4 is 5.91 Å². The largest absolute Gasteiger partial charge is 0.335 e. The Hall–Kier alpha value is -1.31. The van der Waals surface area contributed by atoms with Crippen molar-refractivity contribution in [2.45, 2.75) is 19.9 Å². The van der Waals surface area contributed by atoms with Gasteiger partial charge >= 0.3 is 0 Å². The van der Waals surface area contributed by atoms with E-state index in [0.717, 1.165) is 6.54 Å². The van der Waals surface area contributed by atoms with Crippen molar-refractivity contribution in [3.05, 3.63) is 35.9 Å². The van der Waals surface area contributed by atoms with E-state index in [0.29, 0.717) is 0 Å². The Balaban J connectivity index is 2.10. The molecule has 1 aromatic rings. The lowest BCUT2D eigenvalue weighted by Crippen LogP contribution is -2.51. The lowest BCUT2D eigenvalue weighted by atomic mass is 9.96. The van der Waals surface area contributed by atoms with Gasteiger partial charge in [0.15, 0.2) is 0 Å². The number of carbonyl (C=O) groups excluding carboxylic acids is 1. The highest BCUT2D eigenvalue weighted by atomic mass is 16.2. The smallest absolute Gasteiger partial charge is 0.227 e. The fourth-order valence-corrected chi connectivity index (χ4v) is 1.89. The minimum atomic E-state index is 0.222. The molecule has 2 rings (SSSR count). The third kappa shape index (κ3) is 1.41. The molecule has 0 unspecified atom stereocenters. The lowest BCUT2D eigenvalue weighted by molar-refractivity contribution is -0.150. The number of nitrogens with zero attached hydrogens (tertiary/aromatic N) is 1. The van der Waals surface area contributed by atoms with E-state index >= 15 is 0 Å². The summed E-state index contributed by atoms with van der Waals surface area (Å²) in [6.07, 6.45) is 0. The van der Waals surface area contributed by atoms with Gasteiger partial charge in [0.25, 0.3) is 0 Å². The van der Waals surface area contributed by atoms with Crippen LogP contribution in [0.2, 0.25) is 0 Å². The maximum Gasteiger partial charge on any atom is 0.227 e. The first kappa shape index (κ1) is 9.25. The second-order valence-corrected chi connectivity index (χ2v) is 3.98. The van der Waals surface area contributed by atoms with E-state index in [4.69, 9.17) is 0 Å². The van der Waals surface area contributed by atoms with Crippen molar-refractivity contribution in [1.82, 2.24) is 4.90 Å². The molecular formula is C12H15NO. The molecule has 0 N–H and O–H groups in total. The Morgan fingerprint density at radius 2 is 2.00 bits per heavy atom. The highest BCUT2D eigenvalue weighted by Crippen LogP contribution is 2.28. The second-order valence-electron chi connectivity index (χ2n) is 3.98. The van der Waals surface area contributed by atoms with E-state index in [1.807, 2.05) is 30.0 Å². The highest BCUT2D eigenvalue weighted by molar-refractivity contribution is 5.84. The summed E-state index contributed by atoms with van der Waals surface area (Å²) >= 11 is 0. The molecule has 74 valence electrons. The zero-order valence-corrected chi connectivity index (χ0v) is 8.60. The average molecular weight is 189 g/mol. The van der Waals surface area contributed by atoms with Gasteiger partial charge in [0, 0.05) is 6.54 Å². The molecule has 0 spiro atoms. The van der Waals surface area contributed by atoms with E-state index in [-0.39, 0.29) is 17.9 Å². The van der Waals surface area contributed by atoms with Crippen molar-refractivity contribution in [1.29, 1.82) is 0 Å². The van der Waals surface area contributed by atoms with Gasteiger partial charge in [-0.1, -0.05) is 37.3 Å². The van der Waals surface area contributed by atoms with E-state index in [9.17, 15) is 4.79 Å². The molecular weight excluding hydrogens is 174 g/mol. The standard InChI is InChI=1S/C12H15NO/c1-9-8-13(12(9)14)10(2)11-6-4-3-5-7-11/h3-7,9-10H,8H2,1-2H3/t9-,10-/m0/s1. The van der Waals surface area contributed by atoms with Gasteiger partial charge in [-0.2, -0.15) is 0 Å². The normalized spacial score (nSPS) is 23.1. The molecule has 2 nitrogen and oxygen atoms in total. The molecule has 1 aliphatic rings. The molecule has 1 amide bonds. The summed E-state index contributed by atoms with van der Waals surface area (Å²) < 4.78 is 0. The number of hydrogen-bond acceptors (Lipinski definition) is 1. The molecule has 0 aliphatic carbocycles. The minimum Gasteiger partial charge on any atom is -0.335 e. The molecule has 0 aromatic heterocycles. The van der Waals surface area contributed by atoms with Gasteiger partial charge in [0.1, 0.15) is 0 Å². The lowest BCUT2D eigenvalue weighted by Gasteiger charge is -2.41. The third-order valence-corrected chi connectivity index (χ3v) is 2.92. The Kier molecular flexibility index (Phi) is 2.28. The van der Waals surface area contributed by atoms with Crippen molar-refractivity contribution in [2.24, 2.45) is 5.92 Å². The van der Waals surface area contributed by atoms with E-state index in [1.54, 1.807) is 0 Å². The van der Waals surface area contributed by atoms with Crippen molar-refractivity contribution in [3.63, 3.8) is 0 Å². The Bertz CT molecular complexity index is 333. The van der Waals surface area contributed by atoms with Crippen LogP contribution in [0.1, 0.15) is 25.5 Å². The number of rotatable bonds is 2. The maximum absolute atomic E-state index is 11.5. The topological polar surface area (TPSA) is 20.3 Å². The number of β-lactam (4-membered cyclic amide) rings is 1. The van der Waals surface area contributed by atoms with Crippen LogP contribution >= 0.6 is 0 Å². The predicted octanol–water partition coefficient (Wildman–Crippen LogP) is 2.23. The van der Waals surface area contributed by atoms with Gasteiger partial charge in [-0.3, -0.25) is 4.79 Å². The first-order chi connectivity index (χ1) is 6.70. The van der Waals surface area contributed by atoms with Crippen LogP contribution in [0.4, 0.5) is 0 Å². The van der Waals surface area contributed by atoms with Crippen LogP contribution in [0, 0.1) is 5.92 Å². The number of hydrogen-bond donors (Lipinski definition) is 0. The Morgan fingerprint density at radius 1 is 1.36 bits per heavy atom. The van der Waals surface area contributed by atoms with Gasteiger partial charge < -0.3 is 4.90 Å². The molecule has 1 saturated heterocycles. The van der Waals surface area contributed by atoms with Crippen LogP contribution in [0.3, 0.4) is 0 Å². The highest BCUT2D eigenvalue weighted by Gasteiger charge is 2.36. The number of benzene rings is 1. The van der Waals surface area contributed by atoms with Crippen molar-refractivity contribution in [2.75, 3.05) is 6.54 Å².